The third kappa shape index (κ3) is 3.11. The lowest BCUT2D eigenvalue weighted by Crippen LogP contribution is -2.00. The van der Waals surface area contributed by atoms with Crippen molar-refractivity contribution in [2.75, 3.05) is 0 Å². The maximum atomic E-state index is 4.72. The van der Waals surface area contributed by atoms with Crippen molar-refractivity contribution >= 4 is 22.7 Å². The highest BCUT2D eigenvalue weighted by molar-refractivity contribution is 7.98. The molecule has 1 N–H and O–H groups in total. The number of rotatable bonds is 6. The van der Waals surface area contributed by atoms with Crippen LogP contribution in [0.25, 0.3) is 28.0 Å². The summed E-state index contributed by atoms with van der Waals surface area (Å²) in [6.07, 6.45) is 6.42. The minimum Gasteiger partial charge on any atom is -0.360 e. The number of benzene rings is 2. The first-order valence-electron chi connectivity index (χ1n) is 10.1. The third-order valence-corrected chi connectivity index (χ3v) is 6.40. The average molecular weight is 413 g/mol. The Balaban J connectivity index is 1.28. The number of aromatic nitrogens is 6. The fraction of sp³-hybridized carbons (Fsp3) is 0.174. The first-order chi connectivity index (χ1) is 14.9. The molecule has 3 aromatic heterocycles. The molecular formula is C23H20N6S. The Morgan fingerprint density at radius 3 is 2.67 bits per heavy atom. The summed E-state index contributed by atoms with van der Waals surface area (Å²) in [5.41, 5.74) is 4.34. The van der Waals surface area contributed by atoms with Gasteiger partial charge in [-0.15, -0.1) is 10.2 Å². The van der Waals surface area contributed by atoms with Gasteiger partial charge in [-0.3, -0.25) is 4.57 Å². The van der Waals surface area contributed by atoms with Crippen LogP contribution in [0.1, 0.15) is 24.6 Å². The number of para-hydroxylation sites is 2. The second-order valence-corrected chi connectivity index (χ2v) is 8.47. The van der Waals surface area contributed by atoms with Gasteiger partial charge in [0.05, 0.1) is 11.4 Å². The van der Waals surface area contributed by atoms with E-state index in [0.29, 0.717) is 6.04 Å². The van der Waals surface area contributed by atoms with Crippen LogP contribution in [0.3, 0.4) is 0 Å². The normalized spacial score (nSPS) is 13.9. The fourth-order valence-electron chi connectivity index (χ4n) is 3.78. The minimum absolute atomic E-state index is 0.494. The number of nitrogens with zero attached hydrogens (tertiary/aromatic N) is 5. The van der Waals surface area contributed by atoms with Crippen molar-refractivity contribution in [3.63, 3.8) is 0 Å². The molecule has 0 saturated heterocycles. The predicted octanol–water partition coefficient (Wildman–Crippen LogP) is 5.24. The van der Waals surface area contributed by atoms with Crippen LogP contribution in [0, 0.1) is 0 Å². The molecule has 1 saturated carbocycles. The van der Waals surface area contributed by atoms with E-state index >= 15 is 0 Å². The van der Waals surface area contributed by atoms with Crippen molar-refractivity contribution < 1.29 is 0 Å². The number of fused-ring (bicyclic) bond motifs is 1. The van der Waals surface area contributed by atoms with Gasteiger partial charge in [-0.25, -0.2) is 4.68 Å². The van der Waals surface area contributed by atoms with Gasteiger partial charge in [0.1, 0.15) is 0 Å². The zero-order valence-corrected chi connectivity index (χ0v) is 17.1. The van der Waals surface area contributed by atoms with Gasteiger partial charge in [0.15, 0.2) is 11.0 Å². The van der Waals surface area contributed by atoms with Gasteiger partial charge in [-0.2, -0.15) is 5.10 Å². The van der Waals surface area contributed by atoms with E-state index in [0.717, 1.165) is 39.2 Å². The van der Waals surface area contributed by atoms with Crippen LogP contribution in [0.2, 0.25) is 0 Å². The average Bonchev–Trinajstić information content (AvgIpc) is 3.19. The van der Waals surface area contributed by atoms with Crippen molar-refractivity contribution in [1.82, 2.24) is 29.5 Å². The molecule has 7 heteroatoms. The van der Waals surface area contributed by atoms with Crippen molar-refractivity contribution in [3.05, 3.63) is 78.8 Å². The van der Waals surface area contributed by atoms with Gasteiger partial charge in [-0.05, 0) is 37.1 Å². The summed E-state index contributed by atoms with van der Waals surface area (Å²) in [7, 11) is 0. The van der Waals surface area contributed by atoms with E-state index in [-0.39, 0.29) is 0 Å². The highest BCUT2D eigenvalue weighted by atomic mass is 32.2. The molecule has 30 heavy (non-hydrogen) atoms. The quantitative estimate of drug-likeness (QED) is 0.387. The van der Waals surface area contributed by atoms with E-state index in [4.69, 9.17) is 5.10 Å². The Bertz CT molecular complexity index is 1310. The van der Waals surface area contributed by atoms with E-state index in [1.807, 2.05) is 41.3 Å². The summed E-state index contributed by atoms with van der Waals surface area (Å²) in [4.78, 5) is 3.36. The lowest BCUT2D eigenvalue weighted by atomic mass is 10.1. The molecule has 148 valence electrons. The van der Waals surface area contributed by atoms with E-state index < -0.39 is 0 Å². The van der Waals surface area contributed by atoms with Gasteiger partial charge in [0.25, 0.3) is 0 Å². The van der Waals surface area contributed by atoms with Crippen molar-refractivity contribution in [1.29, 1.82) is 0 Å². The largest absolute Gasteiger partial charge is 0.360 e. The Labute approximate surface area is 178 Å². The molecule has 1 aliphatic rings. The molecule has 0 atom stereocenters. The molecule has 6 nitrogen and oxygen atoms in total. The summed E-state index contributed by atoms with van der Waals surface area (Å²) in [5.74, 6) is 1.71. The monoisotopic (exact) mass is 412 g/mol. The van der Waals surface area contributed by atoms with Crippen molar-refractivity contribution in [3.8, 4) is 17.1 Å². The molecule has 0 aliphatic heterocycles. The molecule has 2 aromatic carbocycles. The van der Waals surface area contributed by atoms with Gasteiger partial charge < -0.3 is 4.98 Å². The fourth-order valence-corrected chi connectivity index (χ4v) is 4.68. The van der Waals surface area contributed by atoms with E-state index in [2.05, 4.69) is 56.1 Å². The summed E-state index contributed by atoms with van der Waals surface area (Å²) >= 11 is 1.70. The number of aromatic amines is 1. The van der Waals surface area contributed by atoms with Gasteiger partial charge in [0, 0.05) is 40.7 Å². The molecule has 1 aliphatic carbocycles. The standard InChI is InChI=1S/C23H20N6S/c1-2-6-17(7-3-1)28-13-12-16(27-28)15-30-23-26-25-22(29(23)18-10-11-18)20-14-24-21-9-5-4-8-19(20)21/h1-9,12-14,18,24H,10-11,15H2. The number of H-pyrrole nitrogens is 1. The molecular weight excluding hydrogens is 392 g/mol. The topological polar surface area (TPSA) is 64.3 Å². The smallest absolute Gasteiger partial charge is 0.192 e. The molecule has 0 bridgehead atoms. The maximum absolute atomic E-state index is 4.72. The second-order valence-electron chi connectivity index (χ2n) is 7.53. The SMILES string of the molecule is c1ccc(-n2ccc(CSc3nnc(-c4c[nH]c5ccccc45)n3C3CC3)n2)cc1. The second kappa shape index (κ2) is 7.18. The highest BCUT2D eigenvalue weighted by Crippen LogP contribution is 2.42. The number of hydrogen-bond acceptors (Lipinski definition) is 4. The van der Waals surface area contributed by atoms with E-state index in [9.17, 15) is 0 Å². The summed E-state index contributed by atoms with van der Waals surface area (Å²) in [6.45, 7) is 0. The van der Waals surface area contributed by atoms with Gasteiger partial charge in [-0.1, -0.05) is 48.2 Å². The van der Waals surface area contributed by atoms with E-state index in [1.54, 1.807) is 11.8 Å². The zero-order valence-electron chi connectivity index (χ0n) is 16.3. The number of nitrogens with one attached hydrogen (secondary N) is 1. The Kier molecular flexibility index (Phi) is 4.19. The first-order valence-corrected chi connectivity index (χ1v) is 11.1. The van der Waals surface area contributed by atoms with Crippen molar-refractivity contribution in [2.45, 2.75) is 29.8 Å². The molecule has 0 radical (unpaired) electrons. The molecule has 3 heterocycles. The maximum Gasteiger partial charge on any atom is 0.192 e. The van der Waals surface area contributed by atoms with Crippen LogP contribution in [0.4, 0.5) is 0 Å². The van der Waals surface area contributed by atoms with Crippen LogP contribution in [-0.4, -0.2) is 29.5 Å². The molecule has 0 spiro atoms. The molecule has 5 aromatic rings. The predicted molar refractivity (Wildman–Crippen MR) is 119 cm³/mol. The lowest BCUT2D eigenvalue weighted by molar-refractivity contribution is 0.669. The van der Waals surface area contributed by atoms with Crippen LogP contribution in [0.15, 0.2) is 78.2 Å². The Morgan fingerprint density at radius 2 is 1.80 bits per heavy atom. The highest BCUT2D eigenvalue weighted by Gasteiger charge is 2.31. The molecule has 0 unspecified atom stereocenters. The van der Waals surface area contributed by atoms with Gasteiger partial charge in [0.2, 0.25) is 0 Å². The van der Waals surface area contributed by atoms with Crippen LogP contribution < -0.4 is 0 Å². The Morgan fingerprint density at radius 1 is 0.967 bits per heavy atom. The summed E-state index contributed by atoms with van der Waals surface area (Å²) in [6, 6.07) is 21.1. The summed E-state index contributed by atoms with van der Waals surface area (Å²) in [5, 5.41) is 16.0. The zero-order chi connectivity index (χ0) is 19.9. The van der Waals surface area contributed by atoms with E-state index in [1.165, 1.54) is 18.2 Å². The molecule has 6 rings (SSSR count). The number of hydrogen-bond donors (Lipinski definition) is 1. The minimum atomic E-state index is 0.494. The summed E-state index contributed by atoms with van der Waals surface area (Å²) < 4.78 is 4.23. The molecule has 0 amide bonds. The van der Waals surface area contributed by atoms with Crippen LogP contribution in [-0.2, 0) is 5.75 Å². The Hall–Kier alpha value is -3.32. The third-order valence-electron chi connectivity index (χ3n) is 5.42. The van der Waals surface area contributed by atoms with Crippen LogP contribution >= 0.6 is 11.8 Å². The van der Waals surface area contributed by atoms with Crippen molar-refractivity contribution in [2.24, 2.45) is 0 Å². The first kappa shape index (κ1) is 17.5. The molecule has 1 fully saturated rings. The van der Waals surface area contributed by atoms with Gasteiger partial charge >= 0.3 is 0 Å². The lowest BCUT2D eigenvalue weighted by Gasteiger charge is -2.08. The van der Waals surface area contributed by atoms with Crippen LogP contribution in [0.5, 0.6) is 0 Å². The number of thioether (sulfide) groups is 1.